The van der Waals surface area contributed by atoms with Crippen molar-refractivity contribution in [3.8, 4) is 0 Å². The van der Waals surface area contributed by atoms with Crippen molar-refractivity contribution in [1.82, 2.24) is 10.3 Å². The van der Waals surface area contributed by atoms with Gasteiger partial charge in [-0.1, -0.05) is 19.9 Å². The van der Waals surface area contributed by atoms with E-state index < -0.39 is 0 Å². The maximum absolute atomic E-state index is 11.2. The number of hydrogen-bond acceptors (Lipinski definition) is 2. The van der Waals surface area contributed by atoms with Gasteiger partial charge in [0.2, 0.25) is 0 Å². The summed E-state index contributed by atoms with van der Waals surface area (Å²) in [6.45, 7) is 6.69. The summed E-state index contributed by atoms with van der Waals surface area (Å²) in [7, 11) is 0. The molecule has 0 aliphatic heterocycles. The Hall–Kier alpha value is -1.58. The van der Waals surface area contributed by atoms with Crippen molar-refractivity contribution in [2.24, 2.45) is 0 Å². The SMILES string of the molecule is CCNC(=O)Nc1ccc(C(C)C)cn1. The lowest BCUT2D eigenvalue weighted by molar-refractivity contribution is 0.252. The summed E-state index contributed by atoms with van der Waals surface area (Å²) in [6, 6.07) is 3.56. The number of amides is 2. The molecule has 0 aromatic carbocycles. The minimum Gasteiger partial charge on any atom is -0.338 e. The van der Waals surface area contributed by atoms with Gasteiger partial charge in [0.05, 0.1) is 0 Å². The van der Waals surface area contributed by atoms with Crippen molar-refractivity contribution in [2.75, 3.05) is 11.9 Å². The first-order valence-corrected chi connectivity index (χ1v) is 5.14. The van der Waals surface area contributed by atoms with Gasteiger partial charge in [-0.25, -0.2) is 9.78 Å². The van der Waals surface area contributed by atoms with E-state index in [0.717, 1.165) is 5.56 Å². The van der Waals surface area contributed by atoms with Gasteiger partial charge in [-0.2, -0.15) is 0 Å². The Morgan fingerprint density at radius 1 is 1.47 bits per heavy atom. The average Bonchev–Trinajstić information content (AvgIpc) is 2.18. The largest absolute Gasteiger partial charge is 0.338 e. The van der Waals surface area contributed by atoms with Crippen LogP contribution in [0.1, 0.15) is 32.3 Å². The zero-order valence-corrected chi connectivity index (χ0v) is 9.37. The van der Waals surface area contributed by atoms with Gasteiger partial charge in [0.1, 0.15) is 5.82 Å². The number of carbonyl (C=O) groups is 1. The fourth-order valence-electron chi connectivity index (χ4n) is 1.14. The monoisotopic (exact) mass is 207 g/mol. The van der Waals surface area contributed by atoms with E-state index in [9.17, 15) is 4.79 Å². The van der Waals surface area contributed by atoms with Crippen LogP contribution in [0.25, 0.3) is 0 Å². The molecule has 0 aliphatic carbocycles. The molecule has 1 heterocycles. The molecule has 2 amide bonds. The standard InChI is InChI=1S/C11H17N3O/c1-4-12-11(15)14-10-6-5-9(7-13-10)8(2)3/h5-8H,4H2,1-3H3,(H2,12,13,14,15). The van der Waals surface area contributed by atoms with E-state index in [-0.39, 0.29) is 6.03 Å². The molecule has 0 spiro atoms. The third-order valence-corrected chi connectivity index (χ3v) is 2.03. The minimum atomic E-state index is -0.220. The highest BCUT2D eigenvalue weighted by Crippen LogP contribution is 2.14. The predicted octanol–water partition coefficient (Wildman–Crippen LogP) is 2.35. The highest BCUT2D eigenvalue weighted by atomic mass is 16.2. The number of rotatable bonds is 3. The van der Waals surface area contributed by atoms with E-state index in [1.54, 1.807) is 6.20 Å². The maximum Gasteiger partial charge on any atom is 0.320 e. The van der Waals surface area contributed by atoms with Crippen LogP contribution in [0.5, 0.6) is 0 Å². The zero-order chi connectivity index (χ0) is 11.3. The molecular formula is C11H17N3O. The number of hydrogen-bond donors (Lipinski definition) is 2. The van der Waals surface area contributed by atoms with Gasteiger partial charge >= 0.3 is 6.03 Å². The van der Waals surface area contributed by atoms with Crippen LogP contribution in [0.3, 0.4) is 0 Å². The van der Waals surface area contributed by atoms with Gasteiger partial charge in [0.25, 0.3) is 0 Å². The van der Waals surface area contributed by atoms with Crippen molar-refractivity contribution in [3.05, 3.63) is 23.9 Å². The highest BCUT2D eigenvalue weighted by Gasteiger charge is 2.02. The van der Waals surface area contributed by atoms with E-state index >= 15 is 0 Å². The van der Waals surface area contributed by atoms with Crippen molar-refractivity contribution in [2.45, 2.75) is 26.7 Å². The summed E-state index contributed by atoms with van der Waals surface area (Å²) in [6.07, 6.45) is 1.78. The molecule has 1 rings (SSSR count). The Bertz CT molecular complexity index is 319. The number of urea groups is 1. The third-order valence-electron chi connectivity index (χ3n) is 2.03. The first kappa shape index (κ1) is 11.5. The first-order valence-electron chi connectivity index (χ1n) is 5.14. The van der Waals surface area contributed by atoms with Crippen LogP contribution in [-0.2, 0) is 0 Å². The van der Waals surface area contributed by atoms with Gasteiger partial charge in [0, 0.05) is 12.7 Å². The molecule has 0 atom stereocenters. The number of nitrogens with one attached hydrogen (secondary N) is 2. The number of carbonyl (C=O) groups excluding carboxylic acids is 1. The highest BCUT2D eigenvalue weighted by molar-refractivity contribution is 5.88. The molecule has 0 radical (unpaired) electrons. The van der Waals surface area contributed by atoms with Crippen molar-refractivity contribution >= 4 is 11.8 Å². The molecule has 1 aromatic heterocycles. The van der Waals surface area contributed by atoms with Crippen LogP contribution in [0.4, 0.5) is 10.6 Å². The van der Waals surface area contributed by atoms with Crippen LogP contribution in [-0.4, -0.2) is 17.6 Å². The molecule has 4 heteroatoms. The molecule has 0 saturated carbocycles. The molecule has 4 nitrogen and oxygen atoms in total. The van der Waals surface area contributed by atoms with Crippen molar-refractivity contribution in [1.29, 1.82) is 0 Å². The van der Waals surface area contributed by atoms with Crippen LogP contribution in [0, 0.1) is 0 Å². The summed E-state index contributed by atoms with van der Waals surface area (Å²) in [5, 5.41) is 5.29. The van der Waals surface area contributed by atoms with Crippen molar-refractivity contribution < 1.29 is 4.79 Å². The summed E-state index contributed by atoms with van der Waals surface area (Å²) < 4.78 is 0. The Labute approximate surface area is 90.1 Å². The Morgan fingerprint density at radius 2 is 2.20 bits per heavy atom. The lowest BCUT2D eigenvalue weighted by Crippen LogP contribution is -2.28. The quantitative estimate of drug-likeness (QED) is 0.799. The van der Waals surface area contributed by atoms with Crippen molar-refractivity contribution in [3.63, 3.8) is 0 Å². The van der Waals surface area contributed by atoms with Crippen LogP contribution >= 0.6 is 0 Å². The molecule has 1 aromatic rings. The minimum absolute atomic E-state index is 0.220. The van der Waals surface area contributed by atoms with Crippen LogP contribution in [0.15, 0.2) is 18.3 Å². The van der Waals surface area contributed by atoms with Crippen LogP contribution < -0.4 is 10.6 Å². The summed E-state index contributed by atoms with van der Waals surface area (Å²) in [5.41, 5.74) is 1.16. The van der Waals surface area contributed by atoms with E-state index in [1.807, 2.05) is 19.1 Å². The normalized spacial score (nSPS) is 10.1. The lowest BCUT2D eigenvalue weighted by atomic mass is 10.1. The topological polar surface area (TPSA) is 54.0 Å². The van der Waals surface area contributed by atoms with E-state index in [1.165, 1.54) is 0 Å². The predicted molar refractivity (Wildman–Crippen MR) is 61.0 cm³/mol. The number of nitrogens with zero attached hydrogens (tertiary/aromatic N) is 1. The van der Waals surface area contributed by atoms with Gasteiger partial charge in [-0.15, -0.1) is 0 Å². The zero-order valence-electron chi connectivity index (χ0n) is 9.37. The molecule has 0 fully saturated rings. The van der Waals surface area contributed by atoms with Crippen LogP contribution in [0.2, 0.25) is 0 Å². The Balaban J connectivity index is 2.60. The average molecular weight is 207 g/mol. The lowest BCUT2D eigenvalue weighted by Gasteiger charge is -2.07. The van der Waals surface area contributed by atoms with Gasteiger partial charge in [0.15, 0.2) is 0 Å². The van der Waals surface area contributed by atoms with E-state index in [4.69, 9.17) is 0 Å². The molecule has 0 bridgehead atoms. The fourth-order valence-corrected chi connectivity index (χ4v) is 1.14. The Morgan fingerprint density at radius 3 is 2.67 bits per heavy atom. The molecule has 0 aliphatic rings. The van der Waals surface area contributed by atoms with E-state index in [2.05, 4.69) is 29.5 Å². The summed E-state index contributed by atoms with van der Waals surface area (Å²) in [4.78, 5) is 15.3. The van der Waals surface area contributed by atoms with Gasteiger partial charge in [-0.05, 0) is 24.5 Å². The second kappa shape index (κ2) is 5.34. The molecule has 0 unspecified atom stereocenters. The second-order valence-electron chi connectivity index (χ2n) is 3.62. The van der Waals surface area contributed by atoms with Gasteiger partial charge < -0.3 is 5.32 Å². The molecule has 82 valence electrons. The number of pyridine rings is 1. The number of anilines is 1. The molecule has 15 heavy (non-hydrogen) atoms. The summed E-state index contributed by atoms with van der Waals surface area (Å²) in [5.74, 6) is 1.03. The third kappa shape index (κ3) is 3.58. The van der Waals surface area contributed by atoms with Gasteiger partial charge in [-0.3, -0.25) is 5.32 Å². The maximum atomic E-state index is 11.2. The molecule has 2 N–H and O–H groups in total. The summed E-state index contributed by atoms with van der Waals surface area (Å²) >= 11 is 0. The fraction of sp³-hybridized carbons (Fsp3) is 0.455. The Kier molecular flexibility index (Phi) is 4.09. The molecular weight excluding hydrogens is 190 g/mol. The second-order valence-corrected chi connectivity index (χ2v) is 3.62. The number of aromatic nitrogens is 1. The molecule has 0 saturated heterocycles. The first-order chi connectivity index (χ1) is 7.13. The van der Waals surface area contributed by atoms with E-state index in [0.29, 0.717) is 18.3 Å². The smallest absolute Gasteiger partial charge is 0.320 e.